The number of nitrogens with zero attached hydrogens (tertiary/aromatic N) is 4. The Morgan fingerprint density at radius 1 is 1.15 bits per heavy atom. The molecule has 104 valence electrons. The van der Waals surface area contributed by atoms with Crippen molar-refractivity contribution in [2.75, 3.05) is 11.9 Å². The fraction of sp³-hybridized carbons (Fsp3) is 0.533. The molecule has 3 atom stereocenters. The number of aromatic nitrogens is 4. The van der Waals surface area contributed by atoms with Gasteiger partial charge in [-0.1, -0.05) is 29.7 Å². The molecule has 5 heteroatoms. The van der Waals surface area contributed by atoms with E-state index in [1.807, 2.05) is 30.3 Å². The van der Waals surface area contributed by atoms with Crippen LogP contribution in [0.2, 0.25) is 0 Å². The van der Waals surface area contributed by atoms with Crippen LogP contribution in [0.3, 0.4) is 0 Å². The van der Waals surface area contributed by atoms with Gasteiger partial charge in [-0.25, -0.2) is 0 Å². The Hall–Kier alpha value is -1.91. The van der Waals surface area contributed by atoms with Gasteiger partial charge >= 0.3 is 0 Å². The molecule has 2 saturated carbocycles. The molecule has 2 aromatic rings. The van der Waals surface area contributed by atoms with Crippen LogP contribution >= 0.6 is 0 Å². The Morgan fingerprint density at radius 2 is 2.05 bits per heavy atom. The number of fused-ring (bicyclic) bond motifs is 2. The Bertz CT molecular complexity index is 579. The molecule has 2 bridgehead atoms. The fourth-order valence-corrected chi connectivity index (χ4v) is 3.89. The molecule has 2 aliphatic rings. The number of rotatable bonds is 4. The Morgan fingerprint density at radius 3 is 2.80 bits per heavy atom. The predicted molar refractivity (Wildman–Crippen MR) is 76.6 cm³/mol. The summed E-state index contributed by atoms with van der Waals surface area (Å²) in [5.41, 5.74) is 0.993. The van der Waals surface area contributed by atoms with Crippen LogP contribution in [-0.4, -0.2) is 26.8 Å². The van der Waals surface area contributed by atoms with Crippen molar-refractivity contribution in [3.8, 4) is 5.69 Å². The summed E-state index contributed by atoms with van der Waals surface area (Å²) < 4.78 is 1.77. The maximum Gasteiger partial charge on any atom is 0.247 e. The number of benzene rings is 1. The quantitative estimate of drug-likeness (QED) is 0.926. The monoisotopic (exact) mass is 269 g/mol. The third kappa shape index (κ3) is 2.07. The molecular formula is C15H19N5. The van der Waals surface area contributed by atoms with Gasteiger partial charge in [-0.2, -0.15) is 4.68 Å². The molecule has 4 rings (SSSR count). The highest BCUT2D eigenvalue weighted by Crippen LogP contribution is 2.48. The highest BCUT2D eigenvalue weighted by atomic mass is 15.6. The van der Waals surface area contributed by atoms with Crippen LogP contribution in [0.25, 0.3) is 5.69 Å². The first-order chi connectivity index (χ1) is 9.90. The Balaban J connectivity index is 1.46. The summed E-state index contributed by atoms with van der Waals surface area (Å²) in [6, 6.07) is 10.0. The standard InChI is InChI=1S/C15H19N5/c1-2-4-14(5-3-1)20-15(17-18-19-20)16-10-13-9-11-6-7-12(13)8-11/h1-5,11-13H,6-10H2,(H,16,17,19). The van der Waals surface area contributed by atoms with Crippen LogP contribution in [0.5, 0.6) is 0 Å². The van der Waals surface area contributed by atoms with E-state index in [-0.39, 0.29) is 0 Å². The van der Waals surface area contributed by atoms with E-state index in [0.29, 0.717) is 0 Å². The van der Waals surface area contributed by atoms with Crippen molar-refractivity contribution in [3.05, 3.63) is 30.3 Å². The minimum Gasteiger partial charge on any atom is -0.352 e. The van der Waals surface area contributed by atoms with Crippen LogP contribution < -0.4 is 5.32 Å². The van der Waals surface area contributed by atoms with E-state index in [1.165, 1.54) is 25.7 Å². The lowest BCUT2D eigenvalue weighted by molar-refractivity contribution is 0.348. The van der Waals surface area contributed by atoms with Crippen LogP contribution in [0.1, 0.15) is 25.7 Å². The smallest absolute Gasteiger partial charge is 0.247 e. The van der Waals surface area contributed by atoms with E-state index < -0.39 is 0 Å². The largest absolute Gasteiger partial charge is 0.352 e. The summed E-state index contributed by atoms with van der Waals surface area (Å²) >= 11 is 0. The summed E-state index contributed by atoms with van der Waals surface area (Å²) in [7, 11) is 0. The summed E-state index contributed by atoms with van der Waals surface area (Å²) in [5.74, 6) is 3.46. The van der Waals surface area contributed by atoms with E-state index >= 15 is 0 Å². The molecule has 2 fully saturated rings. The Labute approximate surface area is 118 Å². The minimum atomic E-state index is 0.749. The summed E-state index contributed by atoms with van der Waals surface area (Å²) in [4.78, 5) is 0. The molecule has 1 aromatic carbocycles. The number of hydrogen-bond acceptors (Lipinski definition) is 4. The van der Waals surface area contributed by atoms with E-state index in [1.54, 1.807) is 4.68 Å². The van der Waals surface area contributed by atoms with Crippen molar-refractivity contribution in [2.45, 2.75) is 25.7 Å². The third-order valence-corrected chi connectivity index (χ3v) is 4.88. The molecule has 0 spiro atoms. The molecule has 1 heterocycles. The average molecular weight is 269 g/mol. The second-order valence-electron chi connectivity index (χ2n) is 6.07. The molecule has 0 radical (unpaired) electrons. The van der Waals surface area contributed by atoms with Crippen molar-refractivity contribution >= 4 is 5.95 Å². The van der Waals surface area contributed by atoms with E-state index in [9.17, 15) is 0 Å². The number of anilines is 1. The van der Waals surface area contributed by atoms with Gasteiger partial charge in [0, 0.05) is 6.54 Å². The zero-order valence-electron chi connectivity index (χ0n) is 11.4. The zero-order valence-corrected chi connectivity index (χ0v) is 11.4. The lowest BCUT2D eigenvalue weighted by Gasteiger charge is -2.21. The molecule has 2 aliphatic carbocycles. The van der Waals surface area contributed by atoms with Gasteiger partial charge in [0.05, 0.1) is 5.69 Å². The van der Waals surface area contributed by atoms with E-state index in [2.05, 4.69) is 20.8 Å². The van der Waals surface area contributed by atoms with Crippen molar-refractivity contribution in [1.29, 1.82) is 0 Å². The average Bonchev–Trinajstić information content (AvgIpc) is 3.22. The maximum absolute atomic E-state index is 4.11. The van der Waals surface area contributed by atoms with Crippen LogP contribution in [0.15, 0.2) is 30.3 Å². The highest BCUT2D eigenvalue weighted by Gasteiger charge is 2.39. The highest BCUT2D eigenvalue weighted by molar-refractivity contribution is 5.38. The lowest BCUT2D eigenvalue weighted by Crippen LogP contribution is -2.21. The molecule has 0 amide bonds. The molecule has 0 aliphatic heterocycles. The molecule has 0 saturated heterocycles. The maximum atomic E-state index is 4.11. The van der Waals surface area contributed by atoms with Crippen LogP contribution in [0.4, 0.5) is 5.95 Å². The molecule has 1 aromatic heterocycles. The minimum absolute atomic E-state index is 0.749. The molecule has 5 nitrogen and oxygen atoms in total. The molecule has 1 N–H and O–H groups in total. The SMILES string of the molecule is c1ccc(-n2nnnc2NCC2CC3CCC2C3)cc1. The first kappa shape index (κ1) is 11.9. The predicted octanol–water partition coefficient (Wildman–Crippen LogP) is 2.51. The number of para-hydroxylation sites is 1. The van der Waals surface area contributed by atoms with Gasteiger partial charge in [0.15, 0.2) is 0 Å². The summed E-state index contributed by atoms with van der Waals surface area (Å²) in [6.07, 6.45) is 5.68. The number of hydrogen-bond donors (Lipinski definition) is 1. The topological polar surface area (TPSA) is 55.6 Å². The van der Waals surface area contributed by atoms with E-state index in [0.717, 1.165) is 35.9 Å². The van der Waals surface area contributed by atoms with Gasteiger partial charge < -0.3 is 5.32 Å². The zero-order chi connectivity index (χ0) is 13.4. The third-order valence-electron chi connectivity index (χ3n) is 4.88. The first-order valence-electron chi connectivity index (χ1n) is 7.48. The molecule has 3 unspecified atom stereocenters. The van der Waals surface area contributed by atoms with Gasteiger partial charge in [0.1, 0.15) is 0 Å². The second-order valence-corrected chi connectivity index (χ2v) is 6.07. The van der Waals surface area contributed by atoms with Crippen LogP contribution in [-0.2, 0) is 0 Å². The number of tetrazole rings is 1. The molecular weight excluding hydrogens is 250 g/mol. The van der Waals surface area contributed by atoms with Crippen molar-refractivity contribution in [1.82, 2.24) is 20.2 Å². The van der Waals surface area contributed by atoms with Gasteiger partial charge in [-0.3, -0.25) is 0 Å². The van der Waals surface area contributed by atoms with Crippen molar-refractivity contribution < 1.29 is 0 Å². The second kappa shape index (κ2) is 4.89. The van der Waals surface area contributed by atoms with Gasteiger partial charge in [0.25, 0.3) is 0 Å². The van der Waals surface area contributed by atoms with Gasteiger partial charge in [0.2, 0.25) is 5.95 Å². The molecule has 20 heavy (non-hydrogen) atoms. The number of nitrogens with one attached hydrogen (secondary N) is 1. The first-order valence-corrected chi connectivity index (χ1v) is 7.48. The Kier molecular flexibility index (Phi) is 2.90. The van der Waals surface area contributed by atoms with Crippen LogP contribution in [0, 0.1) is 17.8 Å². The fourth-order valence-electron chi connectivity index (χ4n) is 3.89. The summed E-state index contributed by atoms with van der Waals surface area (Å²) in [6.45, 7) is 0.994. The van der Waals surface area contributed by atoms with Gasteiger partial charge in [-0.15, -0.1) is 0 Å². The normalized spacial score (nSPS) is 27.9. The summed E-state index contributed by atoms with van der Waals surface area (Å²) in [5, 5.41) is 15.4. The van der Waals surface area contributed by atoms with Gasteiger partial charge in [-0.05, 0) is 59.6 Å². The van der Waals surface area contributed by atoms with Crippen molar-refractivity contribution in [2.24, 2.45) is 17.8 Å². The van der Waals surface area contributed by atoms with Crippen molar-refractivity contribution in [3.63, 3.8) is 0 Å². The lowest BCUT2D eigenvalue weighted by atomic mass is 9.89. The van der Waals surface area contributed by atoms with E-state index in [4.69, 9.17) is 0 Å².